The van der Waals surface area contributed by atoms with Crippen LogP contribution in [0.5, 0.6) is 5.88 Å². The number of alkyl halides is 1. The van der Waals surface area contributed by atoms with Gasteiger partial charge in [-0.1, -0.05) is 27.7 Å². The summed E-state index contributed by atoms with van der Waals surface area (Å²) >= 11 is 6.41. The van der Waals surface area contributed by atoms with Crippen LogP contribution >= 0.6 is 11.6 Å². The molecule has 0 N–H and O–H groups in total. The number of hydrogen-bond donors (Lipinski definition) is 0. The van der Waals surface area contributed by atoms with Gasteiger partial charge in [-0.05, 0) is 17.8 Å². The lowest BCUT2D eigenvalue weighted by Crippen LogP contribution is -2.21. The monoisotopic (exact) mass is 270 g/mol. The molecule has 0 aliphatic heterocycles. The van der Waals surface area contributed by atoms with Crippen molar-refractivity contribution < 1.29 is 4.74 Å². The van der Waals surface area contributed by atoms with Gasteiger partial charge in [0.2, 0.25) is 5.88 Å². The average molecular weight is 271 g/mol. The maximum atomic E-state index is 6.41. The van der Waals surface area contributed by atoms with Crippen molar-refractivity contribution in [1.29, 1.82) is 0 Å². The lowest BCUT2D eigenvalue weighted by atomic mass is 9.79. The fraction of sp³-hybridized carbons (Fsp3) is 0.714. The van der Waals surface area contributed by atoms with Crippen molar-refractivity contribution in [3.05, 3.63) is 18.1 Å². The van der Waals surface area contributed by atoms with E-state index in [1.807, 2.05) is 6.07 Å². The van der Waals surface area contributed by atoms with Crippen molar-refractivity contribution in [2.45, 2.75) is 45.9 Å². The molecule has 0 aliphatic rings. The van der Waals surface area contributed by atoms with E-state index in [2.05, 4.69) is 37.7 Å². The third kappa shape index (κ3) is 4.81. The number of nitrogens with zero attached hydrogens (tertiary/aromatic N) is 2. The van der Waals surface area contributed by atoms with Crippen LogP contribution in [-0.2, 0) is 6.42 Å². The highest BCUT2D eigenvalue weighted by atomic mass is 35.5. The van der Waals surface area contributed by atoms with Crippen LogP contribution < -0.4 is 4.74 Å². The molecule has 0 bridgehead atoms. The molecule has 0 amide bonds. The van der Waals surface area contributed by atoms with E-state index < -0.39 is 0 Å². The zero-order valence-electron chi connectivity index (χ0n) is 11.9. The van der Waals surface area contributed by atoms with Crippen LogP contribution in [0.1, 0.15) is 39.8 Å². The van der Waals surface area contributed by atoms with Crippen molar-refractivity contribution in [2.75, 3.05) is 7.11 Å². The molecule has 18 heavy (non-hydrogen) atoms. The fourth-order valence-corrected chi connectivity index (χ4v) is 2.07. The number of halogens is 1. The van der Waals surface area contributed by atoms with Crippen LogP contribution in [0.25, 0.3) is 0 Å². The van der Waals surface area contributed by atoms with Gasteiger partial charge in [-0.3, -0.25) is 0 Å². The maximum absolute atomic E-state index is 6.41. The van der Waals surface area contributed by atoms with E-state index in [-0.39, 0.29) is 10.8 Å². The molecule has 4 heteroatoms. The first-order chi connectivity index (χ1) is 8.32. The molecule has 2 unspecified atom stereocenters. The SMILES string of the molecule is COc1cc(CC(Cl)CC(C)C(C)(C)C)ncn1. The molecule has 0 saturated carbocycles. The van der Waals surface area contributed by atoms with E-state index in [1.165, 1.54) is 6.33 Å². The summed E-state index contributed by atoms with van der Waals surface area (Å²) in [5, 5.41) is 0.0961. The zero-order chi connectivity index (χ0) is 13.8. The second kappa shape index (κ2) is 6.37. The first kappa shape index (κ1) is 15.2. The van der Waals surface area contributed by atoms with Crippen LogP contribution in [-0.4, -0.2) is 22.5 Å². The molecule has 0 radical (unpaired) electrons. The summed E-state index contributed by atoms with van der Waals surface area (Å²) in [6, 6.07) is 1.84. The molecule has 0 aliphatic carbocycles. The number of hydrogen-bond acceptors (Lipinski definition) is 3. The largest absolute Gasteiger partial charge is 0.481 e. The minimum atomic E-state index is 0.0961. The lowest BCUT2D eigenvalue weighted by Gasteiger charge is -2.28. The predicted molar refractivity (Wildman–Crippen MR) is 75.2 cm³/mol. The third-order valence-electron chi connectivity index (χ3n) is 3.43. The van der Waals surface area contributed by atoms with Crippen molar-refractivity contribution in [1.82, 2.24) is 9.97 Å². The van der Waals surface area contributed by atoms with Crippen molar-refractivity contribution in [2.24, 2.45) is 11.3 Å². The number of rotatable bonds is 5. The van der Waals surface area contributed by atoms with Crippen LogP contribution in [0, 0.1) is 11.3 Å². The zero-order valence-corrected chi connectivity index (χ0v) is 12.7. The Balaban J connectivity index is 2.56. The Hall–Kier alpha value is -0.830. The summed E-state index contributed by atoms with van der Waals surface area (Å²) in [5.74, 6) is 1.16. The van der Waals surface area contributed by atoms with Crippen molar-refractivity contribution in [3.8, 4) is 5.88 Å². The second-order valence-corrected chi connectivity index (χ2v) is 6.47. The first-order valence-corrected chi connectivity index (χ1v) is 6.75. The van der Waals surface area contributed by atoms with E-state index in [0.717, 1.165) is 18.5 Å². The van der Waals surface area contributed by atoms with Gasteiger partial charge in [0.1, 0.15) is 6.33 Å². The highest BCUT2D eigenvalue weighted by molar-refractivity contribution is 6.20. The Bertz CT molecular complexity index is 376. The van der Waals surface area contributed by atoms with Gasteiger partial charge in [0.15, 0.2) is 0 Å². The van der Waals surface area contributed by atoms with Gasteiger partial charge < -0.3 is 4.74 Å². The molecule has 1 aromatic rings. The minimum Gasteiger partial charge on any atom is -0.481 e. The molecule has 0 saturated heterocycles. The van der Waals surface area contributed by atoms with E-state index in [4.69, 9.17) is 16.3 Å². The normalized spacial score (nSPS) is 15.2. The van der Waals surface area contributed by atoms with Gasteiger partial charge in [-0.15, -0.1) is 11.6 Å². The van der Waals surface area contributed by atoms with Gasteiger partial charge >= 0.3 is 0 Å². The Labute approximate surface area is 115 Å². The Morgan fingerprint density at radius 1 is 1.33 bits per heavy atom. The smallest absolute Gasteiger partial charge is 0.216 e. The van der Waals surface area contributed by atoms with E-state index in [0.29, 0.717) is 11.8 Å². The maximum Gasteiger partial charge on any atom is 0.216 e. The van der Waals surface area contributed by atoms with Crippen molar-refractivity contribution >= 4 is 11.6 Å². The van der Waals surface area contributed by atoms with E-state index >= 15 is 0 Å². The lowest BCUT2D eigenvalue weighted by molar-refractivity contribution is 0.244. The summed E-state index contributed by atoms with van der Waals surface area (Å²) < 4.78 is 5.08. The summed E-state index contributed by atoms with van der Waals surface area (Å²) in [6.07, 6.45) is 3.25. The molecule has 0 spiro atoms. The summed E-state index contributed by atoms with van der Waals surface area (Å²) in [5.41, 5.74) is 1.22. The summed E-state index contributed by atoms with van der Waals surface area (Å²) in [6.45, 7) is 8.98. The van der Waals surface area contributed by atoms with Gasteiger partial charge in [0.25, 0.3) is 0 Å². The van der Waals surface area contributed by atoms with Gasteiger partial charge in [0, 0.05) is 23.6 Å². The molecule has 102 valence electrons. The predicted octanol–water partition coefficient (Wildman–Crippen LogP) is 3.71. The van der Waals surface area contributed by atoms with Gasteiger partial charge in [-0.2, -0.15) is 0 Å². The average Bonchev–Trinajstić information content (AvgIpc) is 2.27. The summed E-state index contributed by atoms with van der Waals surface area (Å²) in [4.78, 5) is 8.21. The van der Waals surface area contributed by atoms with Crippen LogP contribution in [0.2, 0.25) is 0 Å². The number of ether oxygens (including phenoxy) is 1. The molecule has 3 nitrogen and oxygen atoms in total. The number of aromatic nitrogens is 2. The molecule has 1 heterocycles. The summed E-state index contributed by atoms with van der Waals surface area (Å²) in [7, 11) is 1.60. The molecule has 0 aromatic carbocycles. The topological polar surface area (TPSA) is 35.0 Å². The van der Waals surface area contributed by atoms with E-state index in [1.54, 1.807) is 7.11 Å². The second-order valence-electron chi connectivity index (χ2n) is 5.86. The Morgan fingerprint density at radius 2 is 2.00 bits per heavy atom. The Morgan fingerprint density at radius 3 is 2.56 bits per heavy atom. The van der Waals surface area contributed by atoms with Crippen LogP contribution in [0.3, 0.4) is 0 Å². The fourth-order valence-electron chi connectivity index (χ4n) is 1.65. The highest BCUT2D eigenvalue weighted by Crippen LogP contribution is 2.31. The standard InChI is InChI=1S/C14H23ClN2O/c1-10(14(2,3)4)6-11(15)7-12-8-13(18-5)17-9-16-12/h8-11H,6-7H2,1-5H3. The van der Waals surface area contributed by atoms with Crippen molar-refractivity contribution in [3.63, 3.8) is 0 Å². The van der Waals surface area contributed by atoms with Gasteiger partial charge in [-0.25, -0.2) is 9.97 Å². The Kier molecular flexibility index (Phi) is 5.39. The first-order valence-electron chi connectivity index (χ1n) is 6.32. The number of methoxy groups -OCH3 is 1. The molecular formula is C14H23ClN2O. The quantitative estimate of drug-likeness (QED) is 0.765. The van der Waals surface area contributed by atoms with Crippen LogP contribution in [0.4, 0.5) is 0 Å². The minimum absolute atomic E-state index is 0.0961. The molecule has 1 aromatic heterocycles. The van der Waals surface area contributed by atoms with E-state index in [9.17, 15) is 0 Å². The molecule has 2 atom stereocenters. The van der Waals surface area contributed by atoms with Gasteiger partial charge in [0.05, 0.1) is 7.11 Å². The van der Waals surface area contributed by atoms with Crippen LogP contribution in [0.15, 0.2) is 12.4 Å². The molecular weight excluding hydrogens is 248 g/mol. The molecule has 1 rings (SSSR count). The third-order valence-corrected chi connectivity index (χ3v) is 3.76. The molecule has 0 fully saturated rings. The highest BCUT2D eigenvalue weighted by Gasteiger charge is 2.23.